The fourth-order valence-electron chi connectivity index (χ4n) is 4.05. The second-order valence-electron chi connectivity index (χ2n) is 7.90. The number of carbonyl (C=O) groups excluding carboxylic acids is 2. The van der Waals surface area contributed by atoms with Crippen LogP contribution in [0.25, 0.3) is 5.82 Å². The van der Waals surface area contributed by atoms with E-state index in [1.54, 1.807) is 18.3 Å². The first-order chi connectivity index (χ1) is 15.4. The third-order valence-electron chi connectivity index (χ3n) is 5.71. The van der Waals surface area contributed by atoms with Crippen LogP contribution in [0.3, 0.4) is 0 Å². The molecular weight excluding hydrogens is 426 g/mol. The molecule has 0 saturated carbocycles. The zero-order valence-corrected chi connectivity index (χ0v) is 19.0. The van der Waals surface area contributed by atoms with Crippen LogP contribution in [-0.4, -0.2) is 63.9 Å². The summed E-state index contributed by atoms with van der Waals surface area (Å²) in [6.07, 6.45) is 1.75. The van der Waals surface area contributed by atoms with Gasteiger partial charge in [0, 0.05) is 43.8 Å². The second kappa shape index (κ2) is 9.54. The van der Waals surface area contributed by atoms with Gasteiger partial charge in [0.15, 0.2) is 0 Å². The Hall–Kier alpha value is -3.16. The second-order valence-corrected chi connectivity index (χ2v) is 8.31. The molecule has 0 unspecified atom stereocenters. The van der Waals surface area contributed by atoms with Crippen LogP contribution in [0.2, 0.25) is 5.02 Å². The first-order valence-corrected chi connectivity index (χ1v) is 11.0. The van der Waals surface area contributed by atoms with Gasteiger partial charge in [-0.25, -0.2) is 4.98 Å². The lowest BCUT2D eigenvalue weighted by Gasteiger charge is -2.34. The largest absolute Gasteiger partial charge is 0.336 e. The van der Waals surface area contributed by atoms with Gasteiger partial charge in [-0.05, 0) is 44.2 Å². The van der Waals surface area contributed by atoms with Gasteiger partial charge in [-0.1, -0.05) is 29.8 Å². The molecule has 0 radical (unpaired) electrons. The summed E-state index contributed by atoms with van der Waals surface area (Å²) in [5.74, 6) is 0.702. The highest BCUT2D eigenvalue weighted by molar-refractivity contribution is 6.33. The number of pyridine rings is 1. The molecule has 1 aliphatic rings. The highest BCUT2D eigenvalue weighted by Gasteiger charge is 2.26. The molecule has 7 nitrogen and oxygen atoms in total. The number of anilines is 1. The van der Waals surface area contributed by atoms with Gasteiger partial charge in [-0.2, -0.15) is 0 Å². The predicted octanol–water partition coefficient (Wildman–Crippen LogP) is 3.54. The summed E-state index contributed by atoms with van der Waals surface area (Å²) in [4.78, 5) is 33.9. The van der Waals surface area contributed by atoms with Crippen LogP contribution in [0.5, 0.6) is 0 Å². The molecule has 0 atom stereocenters. The molecule has 1 aromatic carbocycles. The average molecular weight is 452 g/mol. The van der Waals surface area contributed by atoms with Crippen molar-refractivity contribution in [1.82, 2.24) is 19.4 Å². The fourth-order valence-corrected chi connectivity index (χ4v) is 4.24. The fraction of sp³-hybridized carbons (Fsp3) is 0.292. The van der Waals surface area contributed by atoms with Crippen LogP contribution in [0.15, 0.2) is 54.7 Å². The Bertz CT molecular complexity index is 1120. The van der Waals surface area contributed by atoms with Crippen LogP contribution in [-0.2, 0) is 4.79 Å². The first kappa shape index (κ1) is 22.0. The van der Waals surface area contributed by atoms with E-state index in [-0.39, 0.29) is 18.4 Å². The van der Waals surface area contributed by atoms with Crippen LogP contribution >= 0.6 is 11.6 Å². The summed E-state index contributed by atoms with van der Waals surface area (Å²) in [7, 11) is 0. The molecule has 0 aliphatic carbocycles. The van der Waals surface area contributed by atoms with Crippen molar-refractivity contribution in [2.45, 2.75) is 13.8 Å². The van der Waals surface area contributed by atoms with E-state index in [0.717, 1.165) is 17.2 Å². The Labute approximate surface area is 192 Å². The predicted molar refractivity (Wildman–Crippen MR) is 125 cm³/mol. The van der Waals surface area contributed by atoms with Gasteiger partial charge >= 0.3 is 0 Å². The number of nitrogens with one attached hydrogen (secondary N) is 1. The van der Waals surface area contributed by atoms with E-state index in [2.05, 4.69) is 10.3 Å². The number of nitrogens with zero attached hydrogens (tertiary/aromatic N) is 4. The quantitative estimate of drug-likeness (QED) is 0.644. The van der Waals surface area contributed by atoms with Crippen LogP contribution in [0, 0.1) is 13.8 Å². The lowest BCUT2D eigenvalue weighted by atomic mass is 10.2. The molecule has 3 heterocycles. The molecule has 32 heavy (non-hydrogen) atoms. The number of carbonyl (C=O) groups is 2. The van der Waals surface area contributed by atoms with E-state index in [4.69, 9.17) is 11.6 Å². The standard InChI is InChI=1S/C24H26ClN5O2/c1-17-15-19(18(2)30(17)22-9-5-6-10-26-22)24(32)29-13-11-28(12-14-29)16-23(31)27-21-8-4-3-7-20(21)25/h3-10,15H,11-14,16H2,1-2H3,(H,27,31). The van der Waals surface area contributed by atoms with E-state index in [1.165, 1.54) is 0 Å². The molecule has 1 fully saturated rings. The van der Waals surface area contributed by atoms with Crippen molar-refractivity contribution in [1.29, 1.82) is 0 Å². The van der Waals surface area contributed by atoms with Crippen molar-refractivity contribution in [2.75, 3.05) is 38.0 Å². The Morgan fingerprint density at radius 3 is 2.44 bits per heavy atom. The van der Waals surface area contributed by atoms with Crippen molar-refractivity contribution in [2.24, 2.45) is 0 Å². The third kappa shape index (κ3) is 4.69. The van der Waals surface area contributed by atoms with Crippen molar-refractivity contribution >= 4 is 29.1 Å². The molecule has 2 aromatic heterocycles. The number of aromatic nitrogens is 2. The summed E-state index contributed by atoms with van der Waals surface area (Å²) in [5, 5.41) is 3.36. The number of piperazine rings is 1. The van der Waals surface area contributed by atoms with Crippen LogP contribution in [0.4, 0.5) is 5.69 Å². The minimum Gasteiger partial charge on any atom is -0.336 e. The molecule has 1 aliphatic heterocycles. The summed E-state index contributed by atoms with van der Waals surface area (Å²) in [6.45, 7) is 6.62. The van der Waals surface area contributed by atoms with E-state index in [1.807, 2.05) is 64.6 Å². The van der Waals surface area contributed by atoms with Gasteiger partial charge in [0.05, 0.1) is 22.8 Å². The van der Waals surface area contributed by atoms with Gasteiger partial charge in [-0.15, -0.1) is 0 Å². The van der Waals surface area contributed by atoms with Crippen molar-refractivity contribution in [3.8, 4) is 5.82 Å². The maximum Gasteiger partial charge on any atom is 0.255 e. The van der Waals surface area contributed by atoms with E-state index < -0.39 is 0 Å². The molecule has 166 valence electrons. The van der Waals surface area contributed by atoms with E-state index in [0.29, 0.717) is 42.5 Å². The minimum absolute atomic E-state index is 0.0143. The summed E-state index contributed by atoms with van der Waals surface area (Å²) >= 11 is 6.11. The Morgan fingerprint density at radius 1 is 1.03 bits per heavy atom. The van der Waals surface area contributed by atoms with Crippen molar-refractivity contribution in [3.05, 3.63) is 76.7 Å². The SMILES string of the molecule is Cc1cc(C(=O)N2CCN(CC(=O)Nc3ccccc3Cl)CC2)c(C)n1-c1ccccn1. The highest BCUT2D eigenvalue weighted by Crippen LogP contribution is 2.22. The maximum absolute atomic E-state index is 13.2. The zero-order valence-electron chi connectivity index (χ0n) is 18.2. The maximum atomic E-state index is 13.2. The number of amides is 2. The molecule has 3 aromatic rings. The first-order valence-electron chi connectivity index (χ1n) is 10.6. The number of rotatable bonds is 5. The smallest absolute Gasteiger partial charge is 0.255 e. The number of halogens is 1. The van der Waals surface area contributed by atoms with Gasteiger partial charge < -0.3 is 14.8 Å². The summed E-state index contributed by atoms with van der Waals surface area (Å²) in [5.41, 5.74) is 3.15. The number of hydrogen-bond donors (Lipinski definition) is 1. The normalized spacial score (nSPS) is 14.4. The lowest BCUT2D eigenvalue weighted by Crippen LogP contribution is -2.50. The molecule has 4 rings (SSSR count). The lowest BCUT2D eigenvalue weighted by molar-refractivity contribution is -0.117. The molecule has 1 saturated heterocycles. The topological polar surface area (TPSA) is 70.5 Å². The van der Waals surface area contributed by atoms with Crippen LogP contribution < -0.4 is 5.32 Å². The Balaban J connectivity index is 1.36. The molecule has 8 heteroatoms. The van der Waals surface area contributed by atoms with Crippen LogP contribution in [0.1, 0.15) is 21.7 Å². The van der Waals surface area contributed by atoms with E-state index in [9.17, 15) is 9.59 Å². The summed E-state index contributed by atoms with van der Waals surface area (Å²) in [6, 6.07) is 14.8. The number of hydrogen-bond acceptors (Lipinski definition) is 4. The number of benzene rings is 1. The van der Waals surface area contributed by atoms with Gasteiger partial charge in [0.25, 0.3) is 5.91 Å². The highest BCUT2D eigenvalue weighted by atomic mass is 35.5. The number of para-hydroxylation sites is 1. The van der Waals surface area contributed by atoms with Crippen molar-refractivity contribution < 1.29 is 9.59 Å². The molecule has 0 bridgehead atoms. The van der Waals surface area contributed by atoms with E-state index >= 15 is 0 Å². The molecular formula is C24H26ClN5O2. The van der Waals surface area contributed by atoms with Gasteiger partial charge in [-0.3, -0.25) is 14.5 Å². The van der Waals surface area contributed by atoms with Gasteiger partial charge in [0.2, 0.25) is 5.91 Å². The Morgan fingerprint density at radius 2 is 1.75 bits per heavy atom. The molecule has 0 spiro atoms. The van der Waals surface area contributed by atoms with Gasteiger partial charge in [0.1, 0.15) is 5.82 Å². The zero-order chi connectivity index (χ0) is 22.7. The summed E-state index contributed by atoms with van der Waals surface area (Å²) < 4.78 is 2.00. The third-order valence-corrected chi connectivity index (χ3v) is 6.04. The average Bonchev–Trinajstić information content (AvgIpc) is 3.09. The number of aryl methyl sites for hydroxylation is 1. The monoisotopic (exact) mass is 451 g/mol. The molecule has 1 N–H and O–H groups in total. The minimum atomic E-state index is -0.114. The Kier molecular flexibility index (Phi) is 6.58. The van der Waals surface area contributed by atoms with Crippen molar-refractivity contribution in [3.63, 3.8) is 0 Å². The molecule has 2 amide bonds.